The molecule has 3 aromatic rings. The van der Waals surface area contributed by atoms with Gasteiger partial charge in [0.2, 0.25) is 0 Å². The summed E-state index contributed by atoms with van der Waals surface area (Å²) >= 11 is 0. The van der Waals surface area contributed by atoms with Crippen LogP contribution in [-0.2, 0) is 11.3 Å². The van der Waals surface area contributed by atoms with Crippen molar-refractivity contribution >= 4 is 11.7 Å². The normalized spacial score (nSPS) is 10.3. The van der Waals surface area contributed by atoms with Crippen molar-refractivity contribution in [1.82, 2.24) is 0 Å². The van der Waals surface area contributed by atoms with E-state index in [4.69, 9.17) is 15.2 Å². The summed E-state index contributed by atoms with van der Waals surface area (Å²) in [6, 6.07) is 22.9. The maximum absolute atomic E-state index is 11.8. The van der Waals surface area contributed by atoms with Crippen LogP contribution >= 0.6 is 0 Å². The highest BCUT2D eigenvalue weighted by molar-refractivity contribution is 5.99. The van der Waals surface area contributed by atoms with E-state index in [0.29, 0.717) is 17.9 Å². The number of hydrogen-bond acceptors (Lipinski definition) is 4. The summed E-state index contributed by atoms with van der Waals surface area (Å²) in [7, 11) is 1.34. The first-order valence-corrected chi connectivity index (χ1v) is 7.93. The zero-order chi connectivity index (χ0) is 17.6. The Balaban J connectivity index is 1.77. The molecule has 0 aliphatic carbocycles. The maximum Gasteiger partial charge on any atom is 0.339 e. The fraction of sp³-hybridized carbons (Fsp3) is 0.0952. The molecule has 0 aliphatic rings. The van der Waals surface area contributed by atoms with Crippen molar-refractivity contribution in [2.45, 2.75) is 6.61 Å². The van der Waals surface area contributed by atoms with Gasteiger partial charge in [-0.3, -0.25) is 0 Å². The number of carbonyl (C=O) groups is 1. The molecule has 0 bridgehead atoms. The molecule has 0 aromatic heterocycles. The monoisotopic (exact) mass is 333 g/mol. The van der Waals surface area contributed by atoms with E-state index < -0.39 is 5.97 Å². The Labute approximate surface area is 146 Å². The lowest BCUT2D eigenvalue weighted by Crippen LogP contribution is -2.06. The Morgan fingerprint density at radius 1 is 0.920 bits per heavy atom. The van der Waals surface area contributed by atoms with E-state index in [1.165, 1.54) is 7.11 Å². The van der Waals surface area contributed by atoms with Gasteiger partial charge in [-0.05, 0) is 29.3 Å². The van der Waals surface area contributed by atoms with Crippen LogP contribution in [0.5, 0.6) is 5.75 Å². The third kappa shape index (κ3) is 3.80. The quantitative estimate of drug-likeness (QED) is 0.558. The fourth-order valence-electron chi connectivity index (χ4n) is 2.58. The van der Waals surface area contributed by atoms with Crippen LogP contribution in [0.3, 0.4) is 0 Å². The fourth-order valence-corrected chi connectivity index (χ4v) is 2.58. The molecule has 0 heterocycles. The summed E-state index contributed by atoms with van der Waals surface area (Å²) in [4.78, 5) is 11.8. The molecule has 0 radical (unpaired) electrons. The van der Waals surface area contributed by atoms with Crippen LogP contribution in [-0.4, -0.2) is 13.1 Å². The van der Waals surface area contributed by atoms with E-state index in [1.54, 1.807) is 12.1 Å². The smallest absolute Gasteiger partial charge is 0.339 e. The molecule has 4 heteroatoms. The molecule has 3 rings (SSSR count). The number of esters is 1. The maximum atomic E-state index is 11.8. The second-order valence-electron chi connectivity index (χ2n) is 5.56. The highest BCUT2D eigenvalue weighted by Gasteiger charge is 2.13. The second kappa shape index (κ2) is 7.53. The van der Waals surface area contributed by atoms with Gasteiger partial charge in [0.15, 0.2) is 0 Å². The third-order valence-corrected chi connectivity index (χ3v) is 3.93. The number of ether oxygens (including phenoxy) is 2. The highest BCUT2D eigenvalue weighted by Crippen LogP contribution is 2.30. The molecule has 0 unspecified atom stereocenters. The molecule has 0 saturated heterocycles. The number of nitrogens with two attached hydrogens (primary N) is 1. The third-order valence-electron chi connectivity index (χ3n) is 3.93. The van der Waals surface area contributed by atoms with Crippen molar-refractivity contribution in [2.75, 3.05) is 12.8 Å². The van der Waals surface area contributed by atoms with Crippen LogP contribution in [0.15, 0.2) is 72.8 Å². The van der Waals surface area contributed by atoms with Crippen LogP contribution in [0.25, 0.3) is 11.1 Å². The van der Waals surface area contributed by atoms with Gasteiger partial charge in [0.1, 0.15) is 12.4 Å². The topological polar surface area (TPSA) is 61.5 Å². The Morgan fingerprint density at radius 2 is 1.64 bits per heavy atom. The van der Waals surface area contributed by atoms with E-state index in [1.807, 2.05) is 60.7 Å². The van der Waals surface area contributed by atoms with Gasteiger partial charge in [0.05, 0.1) is 18.4 Å². The molecule has 0 aliphatic heterocycles. The molecule has 0 spiro atoms. The minimum absolute atomic E-state index is 0.365. The Hall–Kier alpha value is -3.27. The van der Waals surface area contributed by atoms with E-state index in [9.17, 15) is 4.79 Å². The SMILES string of the molecule is COC(=O)c1cccc(-c2ccc(OCc3ccccc3)cc2)c1N. The van der Waals surface area contributed by atoms with Crippen LogP contribution in [0.4, 0.5) is 5.69 Å². The number of anilines is 1. The summed E-state index contributed by atoms with van der Waals surface area (Å²) in [5.74, 6) is 0.331. The van der Waals surface area contributed by atoms with Gasteiger partial charge in [0, 0.05) is 5.56 Å². The van der Waals surface area contributed by atoms with Gasteiger partial charge < -0.3 is 15.2 Å². The summed E-state index contributed by atoms with van der Waals surface area (Å²) in [6.45, 7) is 0.514. The zero-order valence-corrected chi connectivity index (χ0v) is 13.9. The van der Waals surface area contributed by atoms with Gasteiger partial charge in [-0.25, -0.2) is 4.79 Å². The molecule has 0 saturated carbocycles. The number of hydrogen-bond donors (Lipinski definition) is 1. The molecular formula is C21H19NO3. The number of nitrogen functional groups attached to an aromatic ring is 1. The van der Waals surface area contributed by atoms with Crippen molar-refractivity contribution in [3.63, 3.8) is 0 Å². The molecule has 4 nitrogen and oxygen atoms in total. The largest absolute Gasteiger partial charge is 0.489 e. The molecular weight excluding hydrogens is 314 g/mol. The van der Waals surface area contributed by atoms with Crippen LogP contribution in [0.1, 0.15) is 15.9 Å². The van der Waals surface area contributed by atoms with Crippen molar-refractivity contribution in [3.8, 4) is 16.9 Å². The highest BCUT2D eigenvalue weighted by atomic mass is 16.5. The van der Waals surface area contributed by atoms with Crippen molar-refractivity contribution in [2.24, 2.45) is 0 Å². The molecule has 0 amide bonds. The lowest BCUT2D eigenvalue weighted by molar-refractivity contribution is 0.0602. The van der Waals surface area contributed by atoms with Crippen LogP contribution in [0.2, 0.25) is 0 Å². The average Bonchev–Trinajstić information content (AvgIpc) is 2.67. The standard InChI is InChI=1S/C21H19NO3/c1-24-21(23)19-9-5-8-18(20(19)22)16-10-12-17(13-11-16)25-14-15-6-3-2-4-7-15/h2-13H,14,22H2,1H3. The molecule has 25 heavy (non-hydrogen) atoms. The lowest BCUT2D eigenvalue weighted by atomic mass is 10.0. The predicted octanol–water partition coefficient (Wildman–Crippen LogP) is 4.30. The first kappa shape index (κ1) is 16.6. The number of methoxy groups -OCH3 is 1. The van der Waals surface area contributed by atoms with Gasteiger partial charge in [-0.15, -0.1) is 0 Å². The van der Waals surface area contributed by atoms with Crippen LogP contribution in [0, 0.1) is 0 Å². The van der Waals surface area contributed by atoms with Crippen molar-refractivity contribution in [3.05, 3.63) is 83.9 Å². The first-order chi connectivity index (χ1) is 12.2. The average molecular weight is 333 g/mol. The van der Waals surface area contributed by atoms with E-state index in [2.05, 4.69) is 0 Å². The van der Waals surface area contributed by atoms with Crippen LogP contribution < -0.4 is 10.5 Å². The molecule has 0 atom stereocenters. The summed E-state index contributed by atoms with van der Waals surface area (Å²) in [5.41, 5.74) is 9.72. The summed E-state index contributed by atoms with van der Waals surface area (Å²) in [6.07, 6.45) is 0. The van der Waals surface area contributed by atoms with Gasteiger partial charge in [-0.1, -0.05) is 54.6 Å². The van der Waals surface area contributed by atoms with E-state index >= 15 is 0 Å². The summed E-state index contributed by atoms with van der Waals surface area (Å²) < 4.78 is 10.5. The van der Waals surface area contributed by atoms with Gasteiger partial charge >= 0.3 is 5.97 Å². The molecule has 126 valence electrons. The Bertz CT molecular complexity index is 858. The molecule has 3 aromatic carbocycles. The van der Waals surface area contributed by atoms with Crippen molar-refractivity contribution in [1.29, 1.82) is 0 Å². The van der Waals surface area contributed by atoms with Crippen molar-refractivity contribution < 1.29 is 14.3 Å². The predicted molar refractivity (Wildman–Crippen MR) is 98.4 cm³/mol. The molecule has 0 fully saturated rings. The molecule has 2 N–H and O–H groups in total. The minimum Gasteiger partial charge on any atom is -0.489 e. The minimum atomic E-state index is -0.442. The zero-order valence-electron chi connectivity index (χ0n) is 13.9. The Morgan fingerprint density at radius 3 is 2.32 bits per heavy atom. The lowest BCUT2D eigenvalue weighted by Gasteiger charge is -2.11. The van der Waals surface area contributed by atoms with Gasteiger partial charge in [0.25, 0.3) is 0 Å². The van der Waals surface area contributed by atoms with E-state index in [0.717, 1.165) is 22.4 Å². The second-order valence-corrected chi connectivity index (χ2v) is 5.56. The number of carbonyl (C=O) groups excluding carboxylic acids is 1. The number of benzene rings is 3. The Kier molecular flexibility index (Phi) is 5.00. The first-order valence-electron chi connectivity index (χ1n) is 7.93. The number of para-hydroxylation sites is 1. The summed E-state index contributed by atoms with van der Waals surface area (Å²) in [5, 5.41) is 0. The van der Waals surface area contributed by atoms with E-state index in [-0.39, 0.29) is 0 Å². The number of rotatable bonds is 5. The van der Waals surface area contributed by atoms with Gasteiger partial charge in [-0.2, -0.15) is 0 Å².